The molecule has 2 heteroatoms. The van der Waals surface area contributed by atoms with Crippen LogP contribution in [0.4, 0.5) is 0 Å². The van der Waals surface area contributed by atoms with Crippen molar-refractivity contribution in [3.05, 3.63) is 24.0 Å². The summed E-state index contributed by atoms with van der Waals surface area (Å²) in [6.45, 7) is 1.10. The van der Waals surface area contributed by atoms with Crippen LogP contribution in [0.5, 0.6) is 0 Å². The third-order valence-corrected chi connectivity index (χ3v) is 1.93. The fraction of sp³-hybridized carbons (Fsp3) is 0.429. The van der Waals surface area contributed by atoms with E-state index in [4.69, 9.17) is 5.73 Å². The third kappa shape index (κ3) is 0.598. The molecule has 0 saturated heterocycles. The van der Waals surface area contributed by atoms with E-state index in [9.17, 15) is 0 Å². The summed E-state index contributed by atoms with van der Waals surface area (Å²) >= 11 is 0. The van der Waals surface area contributed by atoms with Crippen molar-refractivity contribution < 1.29 is 0 Å². The van der Waals surface area contributed by atoms with E-state index < -0.39 is 0 Å². The van der Waals surface area contributed by atoms with E-state index in [0.29, 0.717) is 6.04 Å². The van der Waals surface area contributed by atoms with Gasteiger partial charge in [0.1, 0.15) is 0 Å². The minimum Gasteiger partial charge on any atom is -0.350 e. The molecule has 1 aromatic rings. The minimum absolute atomic E-state index is 0.292. The highest BCUT2D eigenvalue weighted by molar-refractivity contribution is 5.14. The Bertz CT molecular complexity index is 214. The number of hydrogen-bond acceptors (Lipinski definition) is 1. The van der Waals surface area contributed by atoms with Crippen LogP contribution in [-0.4, -0.2) is 4.57 Å². The number of aryl methyl sites for hydroxylation is 1. The molecular weight excluding hydrogens is 112 g/mol. The van der Waals surface area contributed by atoms with E-state index in [1.165, 1.54) is 5.69 Å². The summed E-state index contributed by atoms with van der Waals surface area (Å²) in [5, 5.41) is 0. The molecule has 48 valence electrons. The Balaban J connectivity index is 2.49. The van der Waals surface area contributed by atoms with Gasteiger partial charge in [0.25, 0.3) is 0 Å². The van der Waals surface area contributed by atoms with Crippen LogP contribution in [0, 0.1) is 0 Å². The van der Waals surface area contributed by atoms with Crippen molar-refractivity contribution in [2.24, 2.45) is 5.73 Å². The van der Waals surface area contributed by atoms with Crippen molar-refractivity contribution in [1.82, 2.24) is 4.57 Å². The van der Waals surface area contributed by atoms with Crippen LogP contribution >= 0.6 is 0 Å². The fourth-order valence-corrected chi connectivity index (χ4v) is 1.39. The maximum absolute atomic E-state index is 5.77. The predicted molar refractivity (Wildman–Crippen MR) is 36.0 cm³/mol. The molecule has 0 bridgehead atoms. The summed E-state index contributed by atoms with van der Waals surface area (Å²) in [6, 6.07) is 4.44. The smallest absolute Gasteiger partial charge is 0.0466 e. The first-order chi connectivity index (χ1) is 4.38. The Morgan fingerprint density at radius 3 is 3.33 bits per heavy atom. The summed E-state index contributed by atoms with van der Waals surface area (Å²) in [6.07, 6.45) is 3.19. The summed E-state index contributed by atoms with van der Waals surface area (Å²) in [7, 11) is 0. The number of fused-ring (bicyclic) bond motifs is 1. The molecule has 2 nitrogen and oxygen atoms in total. The SMILES string of the molecule is NC1CCn2cccc21. The molecule has 2 N–H and O–H groups in total. The van der Waals surface area contributed by atoms with Crippen molar-refractivity contribution in [2.75, 3.05) is 0 Å². The maximum atomic E-state index is 5.77. The maximum Gasteiger partial charge on any atom is 0.0466 e. The highest BCUT2D eigenvalue weighted by atomic mass is 15.0. The van der Waals surface area contributed by atoms with E-state index in [0.717, 1.165) is 13.0 Å². The molecule has 2 rings (SSSR count). The Labute approximate surface area is 54.3 Å². The number of rotatable bonds is 0. The van der Waals surface area contributed by atoms with Gasteiger partial charge in [-0.1, -0.05) is 0 Å². The van der Waals surface area contributed by atoms with Crippen molar-refractivity contribution >= 4 is 0 Å². The van der Waals surface area contributed by atoms with E-state index in [1.54, 1.807) is 0 Å². The van der Waals surface area contributed by atoms with E-state index in [2.05, 4.69) is 16.8 Å². The first kappa shape index (κ1) is 5.06. The molecule has 0 radical (unpaired) electrons. The molecule has 0 fully saturated rings. The van der Waals surface area contributed by atoms with Crippen LogP contribution in [0.15, 0.2) is 18.3 Å². The first-order valence-electron chi connectivity index (χ1n) is 3.28. The summed E-state index contributed by atoms with van der Waals surface area (Å²) in [4.78, 5) is 0. The molecule has 0 aliphatic carbocycles. The molecule has 2 heterocycles. The number of nitrogens with zero attached hydrogens (tertiary/aromatic N) is 1. The van der Waals surface area contributed by atoms with Gasteiger partial charge in [-0.15, -0.1) is 0 Å². The number of hydrogen-bond donors (Lipinski definition) is 1. The Morgan fingerprint density at radius 2 is 2.56 bits per heavy atom. The average Bonchev–Trinajstić information content (AvgIpc) is 2.35. The predicted octanol–water partition coefficient (Wildman–Crippen LogP) is 0.892. The van der Waals surface area contributed by atoms with Gasteiger partial charge in [0, 0.05) is 24.5 Å². The zero-order valence-corrected chi connectivity index (χ0v) is 5.25. The van der Waals surface area contributed by atoms with Gasteiger partial charge in [0.15, 0.2) is 0 Å². The van der Waals surface area contributed by atoms with E-state index in [1.807, 2.05) is 6.07 Å². The lowest BCUT2D eigenvalue weighted by Gasteiger charge is -1.97. The van der Waals surface area contributed by atoms with Crippen molar-refractivity contribution in [1.29, 1.82) is 0 Å². The van der Waals surface area contributed by atoms with Crippen LogP contribution in [0.1, 0.15) is 18.2 Å². The Kier molecular flexibility index (Phi) is 0.904. The normalized spacial score (nSPS) is 24.3. The van der Waals surface area contributed by atoms with Crippen LogP contribution in [0.2, 0.25) is 0 Å². The second-order valence-corrected chi connectivity index (χ2v) is 2.52. The van der Waals surface area contributed by atoms with Crippen molar-refractivity contribution in [2.45, 2.75) is 19.0 Å². The van der Waals surface area contributed by atoms with E-state index in [-0.39, 0.29) is 0 Å². The molecular formula is C7H10N2. The van der Waals surface area contributed by atoms with Gasteiger partial charge in [0.2, 0.25) is 0 Å². The highest BCUT2D eigenvalue weighted by Crippen LogP contribution is 2.22. The quantitative estimate of drug-likeness (QED) is 0.544. The third-order valence-electron chi connectivity index (χ3n) is 1.93. The lowest BCUT2D eigenvalue weighted by Crippen LogP contribution is -2.04. The van der Waals surface area contributed by atoms with Gasteiger partial charge < -0.3 is 10.3 Å². The van der Waals surface area contributed by atoms with Crippen LogP contribution in [0.25, 0.3) is 0 Å². The summed E-state index contributed by atoms with van der Waals surface area (Å²) < 4.78 is 2.21. The lowest BCUT2D eigenvalue weighted by atomic mass is 10.2. The standard InChI is InChI=1S/C7H10N2/c8-6-3-5-9-4-1-2-7(6)9/h1-2,4,6H,3,5,8H2. The highest BCUT2D eigenvalue weighted by Gasteiger charge is 2.16. The topological polar surface area (TPSA) is 30.9 Å². The molecule has 1 unspecified atom stereocenters. The Hall–Kier alpha value is -0.760. The molecule has 0 saturated carbocycles. The number of nitrogens with two attached hydrogens (primary N) is 1. The molecule has 0 aromatic carbocycles. The first-order valence-corrected chi connectivity index (χ1v) is 3.28. The minimum atomic E-state index is 0.292. The molecule has 0 amide bonds. The van der Waals surface area contributed by atoms with Gasteiger partial charge >= 0.3 is 0 Å². The molecule has 1 aliphatic heterocycles. The van der Waals surface area contributed by atoms with Crippen LogP contribution < -0.4 is 5.73 Å². The molecule has 1 atom stereocenters. The average molecular weight is 122 g/mol. The van der Waals surface area contributed by atoms with E-state index >= 15 is 0 Å². The van der Waals surface area contributed by atoms with Crippen molar-refractivity contribution in [3.63, 3.8) is 0 Å². The van der Waals surface area contributed by atoms with Crippen LogP contribution in [0.3, 0.4) is 0 Å². The van der Waals surface area contributed by atoms with Crippen molar-refractivity contribution in [3.8, 4) is 0 Å². The molecule has 1 aliphatic rings. The van der Waals surface area contributed by atoms with Gasteiger partial charge in [-0.2, -0.15) is 0 Å². The lowest BCUT2D eigenvalue weighted by molar-refractivity contribution is 0.684. The molecule has 9 heavy (non-hydrogen) atoms. The largest absolute Gasteiger partial charge is 0.350 e. The second-order valence-electron chi connectivity index (χ2n) is 2.52. The van der Waals surface area contributed by atoms with Gasteiger partial charge in [-0.25, -0.2) is 0 Å². The summed E-state index contributed by atoms with van der Waals surface area (Å²) in [5.74, 6) is 0. The fourth-order valence-electron chi connectivity index (χ4n) is 1.39. The zero-order chi connectivity index (χ0) is 6.27. The van der Waals surface area contributed by atoms with Crippen LogP contribution in [-0.2, 0) is 6.54 Å². The Morgan fingerprint density at radius 1 is 1.67 bits per heavy atom. The second kappa shape index (κ2) is 1.61. The monoisotopic (exact) mass is 122 g/mol. The molecule has 1 aromatic heterocycles. The summed E-state index contributed by atoms with van der Waals surface area (Å²) in [5.41, 5.74) is 7.06. The van der Waals surface area contributed by atoms with Gasteiger partial charge in [-0.05, 0) is 18.6 Å². The zero-order valence-electron chi connectivity index (χ0n) is 5.25. The van der Waals surface area contributed by atoms with Gasteiger partial charge in [0.05, 0.1) is 0 Å². The molecule has 0 spiro atoms. The van der Waals surface area contributed by atoms with Gasteiger partial charge in [-0.3, -0.25) is 0 Å². The number of aromatic nitrogens is 1.